The Bertz CT molecular complexity index is 518. The van der Waals surface area contributed by atoms with E-state index in [1.807, 2.05) is 24.3 Å². The molecule has 0 bridgehead atoms. The summed E-state index contributed by atoms with van der Waals surface area (Å²) in [5, 5.41) is 10.5. The molecule has 1 rings (SSSR count). The number of nitrogens with one attached hydrogen (secondary N) is 1. The monoisotopic (exact) mass is 358 g/mol. The van der Waals surface area contributed by atoms with Crippen molar-refractivity contribution in [3.63, 3.8) is 0 Å². The fourth-order valence-electron chi connectivity index (χ4n) is 1.42. The lowest BCUT2D eigenvalue weighted by molar-refractivity contribution is -0.143. The van der Waals surface area contributed by atoms with Crippen LogP contribution in [0.15, 0.2) is 28.7 Å². The normalized spacial score (nSPS) is 10.0. The lowest BCUT2D eigenvalue weighted by atomic mass is 10.2. The SMILES string of the molecule is CN(Cc1ccc(Br)cc1)C(=O)NC(=O)COCC(=O)O. The van der Waals surface area contributed by atoms with Crippen LogP contribution in [0.3, 0.4) is 0 Å². The number of carboxylic acids is 1. The van der Waals surface area contributed by atoms with Gasteiger partial charge < -0.3 is 14.7 Å². The number of nitrogens with zero attached hydrogens (tertiary/aromatic N) is 1. The molecule has 1 aromatic carbocycles. The number of carbonyl (C=O) groups excluding carboxylic acids is 2. The lowest BCUT2D eigenvalue weighted by Gasteiger charge is -2.17. The van der Waals surface area contributed by atoms with Gasteiger partial charge in [0.15, 0.2) is 0 Å². The van der Waals surface area contributed by atoms with Gasteiger partial charge in [0.25, 0.3) is 5.91 Å². The Labute approximate surface area is 130 Å². The first-order valence-electron chi connectivity index (χ1n) is 5.97. The fourth-order valence-corrected chi connectivity index (χ4v) is 1.68. The van der Waals surface area contributed by atoms with Crippen molar-refractivity contribution in [3.05, 3.63) is 34.3 Å². The number of halogens is 1. The van der Waals surface area contributed by atoms with Gasteiger partial charge in [0.1, 0.15) is 13.2 Å². The van der Waals surface area contributed by atoms with Crippen molar-refractivity contribution in [3.8, 4) is 0 Å². The molecule has 0 saturated heterocycles. The summed E-state index contributed by atoms with van der Waals surface area (Å²) in [6.07, 6.45) is 0. The minimum absolute atomic E-state index is 0.336. The zero-order valence-electron chi connectivity index (χ0n) is 11.3. The highest BCUT2D eigenvalue weighted by Crippen LogP contribution is 2.11. The number of hydrogen-bond acceptors (Lipinski definition) is 4. The maximum atomic E-state index is 11.7. The second-order valence-electron chi connectivity index (χ2n) is 4.22. The molecule has 0 unspecified atom stereocenters. The third-order valence-corrected chi connectivity index (χ3v) is 2.91. The predicted octanol–water partition coefficient (Wildman–Crippen LogP) is 1.22. The molecule has 7 nitrogen and oxygen atoms in total. The van der Waals surface area contributed by atoms with Gasteiger partial charge in [-0.25, -0.2) is 9.59 Å². The fraction of sp³-hybridized carbons (Fsp3) is 0.308. The summed E-state index contributed by atoms with van der Waals surface area (Å²) in [7, 11) is 1.54. The molecule has 0 heterocycles. The number of urea groups is 1. The van der Waals surface area contributed by atoms with Crippen LogP contribution in [0.5, 0.6) is 0 Å². The van der Waals surface area contributed by atoms with Crippen molar-refractivity contribution in [1.82, 2.24) is 10.2 Å². The first-order chi connectivity index (χ1) is 9.88. The molecule has 0 aromatic heterocycles. The summed E-state index contributed by atoms with van der Waals surface area (Å²) in [4.78, 5) is 34.6. The predicted molar refractivity (Wildman–Crippen MR) is 77.6 cm³/mol. The number of aliphatic carboxylic acids is 1. The molecule has 114 valence electrons. The second kappa shape index (κ2) is 8.38. The summed E-state index contributed by atoms with van der Waals surface area (Å²) < 4.78 is 5.52. The molecular weight excluding hydrogens is 344 g/mol. The van der Waals surface area contributed by atoms with Crippen molar-refractivity contribution in [2.24, 2.45) is 0 Å². The van der Waals surface area contributed by atoms with Crippen LogP contribution in [-0.4, -0.2) is 48.2 Å². The molecule has 0 spiro atoms. The van der Waals surface area contributed by atoms with Crippen LogP contribution >= 0.6 is 15.9 Å². The quantitative estimate of drug-likeness (QED) is 0.796. The van der Waals surface area contributed by atoms with Crippen LogP contribution in [0.1, 0.15) is 5.56 Å². The number of rotatable bonds is 6. The Morgan fingerprint density at radius 1 is 1.24 bits per heavy atom. The van der Waals surface area contributed by atoms with E-state index < -0.39 is 31.1 Å². The van der Waals surface area contributed by atoms with Crippen molar-refractivity contribution in [2.75, 3.05) is 20.3 Å². The van der Waals surface area contributed by atoms with Crippen LogP contribution in [0.2, 0.25) is 0 Å². The minimum Gasteiger partial charge on any atom is -0.480 e. The summed E-state index contributed by atoms with van der Waals surface area (Å²) in [5.74, 6) is -1.87. The molecule has 0 saturated carbocycles. The number of ether oxygens (including phenoxy) is 1. The topological polar surface area (TPSA) is 95.9 Å². The molecular formula is C13H15BrN2O5. The van der Waals surface area contributed by atoms with Gasteiger partial charge in [0.05, 0.1) is 0 Å². The third kappa shape index (κ3) is 6.87. The van der Waals surface area contributed by atoms with E-state index in [-0.39, 0.29) is 0 Å². The standard InChI is InChI=1S/C13H15BrN2O5/c1-16(6-9-2-4-10(14)5-3-9)13(20)15-11(17)7-21-8-12(18)19/h2-5H,6-8H2,1H3,(H,18,19)(H,15,17,20). The number of amides is 3. The molecule has 8 heteroatoms. The van der Waals surface area contributed by atoms with E-state index in [4.69, 9.17) is 5.11 Å². The van der Waals surface area contributed by atoms with Gasteiger partial charge >= 0.3 is 12.0 Å². The summed E-state index contributed by atoms with van der Waals surface area (Å²) in [5.41, 5.74) is 0.908. The van der Waals surface area contributed by atoms with Gasteiger partial charge in [-0.05, 0) is 17.7 Å². The zero-order chi connectivity index (χ0) is 15.8. The molecule has 21 heavy (non-hydrogen) atoms. The number of carbonyl (C=O) groups is 3. The van der Waals surface area contributed by atoms with Gasteiger partial charge in [-0.1, -0.05) is 28.1 Å². The molecule has 1 aromatic rings. The van der Waals surface area contributed by atoms with E-state index in [1.165, 1.54) is 4.90 Å². The average molecular weight is 359 g/mol. The number of imide groups is 1. The van der Waals surface area contributed by atoms with Crippen molar-refractivity contribution in [2.45, 2.75) is 6.54 Å². The molecule has 0 aliphatic rings. The van der Waals surface area contributed by atoms with Gasteiger partial charge in [-0.15, -0.1) is 0 Å². The van der Waals surface area contributed by atoms with Crippen molar-refractivity contribution < 1.29 is 24.2 Å². The number of benzene rings is 1. The van der Waals surface area contributed by atoms with E-state index >= 15 is 0 Å². The van der Waals surface area contributed by atoms with Crippen LogP contribution in [0.25, 0.3) is 0 Å². The minimum atomic E-state index is -1.18. The molecule has 0 aliphatic carbocycles. The van der Waals surface area contributed by atoms with E-state index in [9.17, 15) is 14.4 Å². The third-order valence-electron chi connectivity index (χ3n) is 2.38. The molecule has 0 fully saturated rings. The van der Waals surface area contributed by atoms with Gasteiger partial charge in [0.2, 0.25) is 0 Å². The lowest BCUT2D eigenvalue weighted by Crippen LogP contribution is -2.42. The Balaban J connectivity index is 2.38. The van der Waals surface area contributed by atoms with Gasteiger partial charge in [-0.2, -0.15) is 0 Å². The second-order valence-corrected chi connectivity index (χ2v) is 5.14. The van der Waals surface area contributed by atoms with E-state index in [0.717, 1.165) is 10.0 Å². The van der Waals surface area contributed by atoms with Gasteiger partial charge in [0, 0.05) is 18.1 Å². The first-order valence-corrected chi connectivity index (χ1v) is 6.76. The van der Waals surface area contributed by atoms with Gasteiger partial charge in [-0.3, -0.25) is 10.1 Å². The largest absolute Gasteiger partial charge is 0.480 e. The van der Waals surface area contributed by atoms with E-state index in [0.29, 0.717) is 6.54 Å². The summed E-state index contributed by atoms with van der Waals surface area (Å²) in [6, 6.07) is 6.83. The maximum absolute atomic E-state index is 11.7. The van der Waals surface area contributed by atoms with Crippen LogP contribution in [0, 0.1) is 0 Å². The number of hydrogen-bond donors (Lipinski definition) is 2. The highest BCUT2D eigenvalue weighted by Gasteiger charge is 2.13. The molecule has 0 radical (unpaired) electrons. The van der Waals surface area contributed by atoms with E-state index in [1.54, 1.807) is 7.05 Å². The Kier molecular flexibility index (Phi) is 6.83. The smallest absolute Gasteiger partial charge is 0.329 e. The highest BCUT2D eigenvalue weighted by molar-refractivity contribution is 9.10. The Morgan fingerprint density at radius 3 is 2.43 bits per heavy atom. The van der Waals surface area contributed by atoms with Crippen LogP contribution in [0.4, 0.5) is 4.79 Å². The average Bonchev–Trinajstić information content (AvgIpc) is 2.40. The Morgan fingerprint density at radius 2 is 1.86 bits per heavy atom. The van der Waals surface area contributed by atoms with Crippen molar-refractivity contribution >= 4 is 33.8 Å². The van der Waals surface area contributed by atoms with Crippen molar-refractivity contribution in [1.29, 1.82) is 0 Å². The maximum Gasteiger partial charge on any atom is 0.329 e. The molecule has 3 amide bonds. The molecule has 0 atom stereocenters. The number of carboxylic acid groups (broad SMARTS) is 1. The van der Waals surface area contributed by atoms with Crippen LogP contribution < -0.4 is 5.32 Å². The van der Waals surface area contributed by atoms with E-state index in [2.05, 4.69) is 26.0 Å². The molecule has 0 aliphatic heterocycles. The van der Waals surface area contributed by atoms with Crippen LogP contribution in [-0.2, 0) is 20.9 Å². The zero-order valence-corrected chi connectivity index (χ0v) is 12.9. The highest BCUT2D eigenvalue weighted by atomic mass is 79.9. The Hall–Kier alpha value is -1.93. The summed E-state index contributed by atoms with van der Waals surface area (Å²) >= 11 is 3.31. The molecule has 2 N–H and O–H groups in total. The first kappa shape index (κ1) is 17.1. The summed E-state index contributed by atoms with van der Waals surface area (Å²) in [6.45, 7) is -0.733.